The number of ether oxygens (including phenoxy) is 1. The Morgan fingerprint density at radius 1 is 1.19 bits per heavy atom. The first-order valence-electron chi connectivity index (χ1n) is 3.62. The van der Waals surface area contributed by atoms with Crippen molar-refractivity contribution in [1.29, 1.82) is 0 Å². The van der Waals surface area contributed by atoms with Crippen LogP contribution in [0.2, 0.25) is 0 Å². The standard InChI is InChI=1S/C9H8O4.K.2H2O.H/c1-6(10)13-9(12)7-4-2-3-5-8(7)11;;;;/h2-5,11H,1H3;;2*1H2;. The number of carbonyl (C=O) groups is 2. The summed E-state index contributed by atoms with van der Waals surface area (Å²) in [6.45, 7) is 1.12. The Morgan fingerprint density at radius 2 is 1.69 bits per heavy atom. The van der Waals surface area contributed by atoms with Crippen molar-refractivity contribution in [3.8, 4) is 5.75 Å². The van der Waals surface area contributed by atoms with Crippen LogP contribution in [0.3, 0.4) is 0 Å². The van der Waals surface area contributed by atoms with Gasteiger partial charge in [0.2, 0.25) is 0 Å². The summed E-state index contributed by atoms with van der Waals surface area (Å²) in [5, 5.41) is 9.18. The molecule has 0 aliphatic heterocycles. The van der Waals surface area contributed by atoms with Gasteiger partial charge < -0.3 is 20.8 Å². The second-order valence-corrected chi connectivity index (χ2v) is 2.40. The third kappa shape index (κ3) is 6.33. The molecule has 86 valence electrons. The number of hydrogen-bond donors (Lipinski definition) is 1. The van der Waals surface area contributed by atoms with E-state index in [9.17, 15) is 14.7 Å². The van der Waals surface area contributed by atoms with Gasteiger partial charge in [-0.05, 0) is 12.1 Å². The van der Waals surface area contributed by atoms with E-state index in [1.165, 1.54) is 12.1 Å². The number of esters is 2. The molecule has 0 spiro atoms. The molecule has 16 heavy (non-hydrogen) atoms. The molecule has 0 atom stereocenters. The van der Waals surface area contributed by atoms with Crippen molar-refractivity contribution >= 4 is 63.3 Å². The molecular formula is C9H13KO6. The fourth-order valence-electron chi connectivity index (χ4n) is 0.832. The summed E-state index contributed by atoms with van der Waals surface area (Å²) in [6, 6.07) is 5.85. The molecule has 0 aliphatic carbocycles. The molecule has 0 bridgehead atoms. The van der Waals surface area contributed by atoms with Crippen molar-refractivity contribution in [2.75, 3.05) is 0 Å². The van der Waals surface area contributed by atoms with Gasteiger partial charge >= 0.3 is 63.3 Å². The molecule has 1 rings (SSSR count). The molecule has 0 aliphatic rings. The van der Waals surface area contributed by atoms with Crippen LogP contribution >= 0.6 is 0 Å². The van der Waals surface area contributed by atoms with Gasteiger partial charge in [-0.15, -0.1) is 0 Å². The molecule has 0 heterocycles. The number of carbonyl (C=O) groups excluding carboxylic acids is 2. The van der Waals surface area contributed by atoms with Crippen LogP contribution in [0.1, 0.15) is 17.3 Å². The number of para-hydroxylation sites is 1. The third-order valence-electron chi connectivity index (χ3n) is 1.36. The molecule has 0 saturated heterocycles. The number of hydrogen-bond acceptors (Lipinski definition) is 4. The maximum absolute atomic E-state index is 11.1. The van der Waals surface area contributed by atoms with Crippen molar-refractivity contribution in [1.82, 2.24) is 0 Å². The summed E-state index contributed by atoms with van der Waals surface area (Å²) in [7, 11) is 0. The van der Waals surface area contributed by atoms with E-state index in [2.05, 4.69) is 4.74 Å². The second-order valence-electron chi connectivity index (χ2n) is 2.40. The Labute approximate surface area is 135 Å². The Hall–Kier alpha value is -0.284. The molecule has 0 radical (unpaired) electrons. The van der Waals surface area contributed by atoms with Crippen LogP contribution in [-0.2, 0) is 9.53 Å². The summed E-state index contributed by atoms with van der Waals surface area (Å²) in [5.74, 6) is -1.74. The minimum atomic E-state index is -0.842. The zero-order valence-electron chi connectivity index (χ0n) is 7.98. The molecule has 0 fully saturated rings. The number of phenols is 1. The molecule has 0 unspecified atom stereocenters. The van der Waals surface area contributed by atoms with E-state index < -0.39 is 11.9 Å². The zero-order valence-corrected chi connectivity index (χ0v) is 7.98. The van der Waals surface area contributed by atoms with Crippen LogP contribution in [0.25, 0.3) is 0 Å². The average molecular weight is 256 g/mol. The number of phenolic OH excluding ortho intramolecular Hbond substituents is 1. The van der Waals surface area contributed by atoms with E-state index in [0.717, 1.165) is 6.92 Å². The normalized spacial score (nSPS) is 7.56. The first kappa shape index (κ1) is 21.0. The van der Waals surface area contributed by atoms with Gasteiger partial charge in [-0.2, -0.15) is 0 Å². The predicted molar refractivity (Wildman–Crippen MR) is 58.6 cm³/mol. The minimum absolute atomic E-state index is 0. The Morgan fingerprint density at radius 3 is 2.12 bits per heavy atom. The van der Waals surface area contributed by atoms with E-state index >= 15 is 0 Å². The molecule has 5 N–H and O–H groups in total. The predicted octanol–water partition coefficient (Wildman–Crippen LogP) is -1.20. The first-order valence-corrected chi connectivity index (χ1v) is 3.62. The number of rotatable bonds is 1. The third-order valence-corrected chi connectivity index (χ3v) is 1.36. The van der Waals surface area contributed by atoms with Crippen molar-refractivity contribution in [2.45, 2.75) is 6.92 Å². The van der Waals surface area contributed by atoms with Crippen LogP contribution in [-0.4, -0.2) is 79.4 Å². The zero-order chi connectivity index (χ0) is 9.84. The van der Waals surface area contributed by atoms with E-state index in [0.29, 0.717) is 0 Å². The van der Waals surface area contributed by atoms with Gasteiger partial charge in [0.25, 0.3) is 0 Å². The quantitative estimate of drug-likeness (QED) is 0.384. The van der Waals surface area contributed by atoms with Crippen molar-refractivity contribution in [3.63, 3.8) is 0 Å². The van der Waals surface area contributed by atoms with Crippen molar-refractivity contribution in [2.24, 2.45) is 0 Å². The summed E-state index contributed by atoms with van der Waals surface area (Å²) in [5.41, 5.74) is -0.0160. The second kappa shape index (κ2) is 9.91. The summed E-state index contributed by atoms with van der Waals surface area (Å²) in [6.07, 6.45) is 0. The van der Waals surface area contributed by atoms with Crippen LogP contribution in [0, 0.1) is 0 Å². The van der Waals surface area contributed by atoms with Gasteiger partial charge in [0.05, 0.1) is 0 Å². The summed E-state index contributed by atoms with van der Waals surface area (Å²) in [4.78, 5) is 21.5. The molecule has 0 aromatic heterocycles. The maximum atomic E-state index is 11.1. The van der Waals surface area contributed by atoms with E-state index in [-0.39, 0.29) is 73.6 Å². The molecule has 1 aromatic rings. The van der Waals surface area contributed by atoms with Gasteiger partial charge in [0.15, 0.2) is 0 Å². The first-order chi connectivity index (χ1) is 6.11. The topological polar surface area (TPSA) is 127 Å². The Balaban J connectivity index is -0.000000563. The Kier molecular flexibility index (Phi) is 13.0. The molecule has 0 saturated carbocycles. The van der Waals surface area contributed by atoms with Gasteiger partial charge in [-0.25, -0.2) is 4.79 Å². The van der Waals surface area contributed by atoms with Gasteiger partial charge in [0, 0.05) is 6.92 Å². The summed E-state index contributed by atoms with van der Waals surface area (Å²) < 4.78 is 4.28. The summed E-state index contributed by atoms with van der Waals surface area (Å²) >= 11 is 0. The molecular weight excluding hydrogens is 243 g/mol. The van der Waals surface area contributed by atoms with Crippen LogP contribution < -0.4 is 0 Å². The monoisotopic (exact) mass is 256 g/mol. The van der Waals surface area contributed by atoms with Crippen molar-refractivity contribution < 1.29 is 30.4 Å². The molecule has 6 nitrogen and oxygen atoms in total. The van der Waals surface area contributed by atoms with Crippen LogP contribution in [0.5, 0.6) is 5.75 Å². The van der Waals surface area contributed by atoms with Gasteiger partial charge in [-0.1, -0.05) is 12.1 Å². The fraction of sp³-hybridized carbons (Fsp3) is 0.111. The fourth-order valence-corrected chi connectivity index (χ4v) is 0.832. The van der Waals surface area contributed by atoms with Crippen LogP contribution in [0.15, 0.2) is 24.3 Å². The average Bonchev–Trinajstić information content (AvgIpc) is 2.03. The number of aromatic hydroxyl groups is 1. The number of benzene rings is 1. The Bertz CT molecular complexity index is 352. The van der Waals surface area contributed by atoms with Crippen molar-refractivity contribution in [3.05, 3.63) is 29.8 Å². The molecule has 7 heteroatoms. The van der Waals surface area contributed by atoms with Gasteiger partial charge in [-0.3, -0.25) is 4.79 Å². The van der Waals surface area contributed by atoms with Gasteiger partial charge in [0.1, 0.15) is 11.3 Å². The van der Waals surface area contributed by atoms with E-state index in [4.69, 9.17) is 0 Å². The van der Waals surface area contributed by atoms with E-state index in [1.807, 2.05) is 0 Å². The molecule has 0 amide bonds. The van der Waals surface area contributed by atoms with E-state index in [1.54, 1.807) is 12.1 Å². The SMILES string of the molecule is CC(=O)OC(=O)c1ccccc1O.O.O.[KH]. The van der Waals surface area contributed by atoms with Crippen LogP contribution in [0.4, 0.5) is 0 Å². The molecule has 1 aromatic carbocycles.